The maximum atomic E-state index is 14.0. The van der Waals surface area contributed by atoms with Gasteiger partial charge in [0.05, 0.1) is 30.1 Å². The molecule has 8 nitrogen and oxygen atoms in total. The zero-order chi connectivity index (χ0) is 24.3. The van der Waals surface area contributed by atoms with Gasteiger partial charge in [-0.2, -0.15) is 0 Å². The third-order valence-electron chi connectivity index (χ3n) is 7.62. The van der Waals surface area contributed by atoms with Crippen molar-refractivity contribution in [3.63, 3.8) is 0 Å². The maximum absolute atomic E-state index is 14.0. The van der Waals surface area contributed by atoms with Crippen LogP contribution < -0.4 is 0 Å². The second kappa shape index (κ2) is 7.94. The van der Waals surface area contributed by atoms with Crippen LogP contribution in [-0.4, -0.2) is 92.6 Å². The van der Waals surface area contributed by atoms with Crippen LogP contribution in [0.5, 0.6) is 0 Å². The Morgan fingerprint density at radius 3 is 2.36 bits per heavy atom. The average molecular weight is 460 g/mol. The Hall–Kier alpha value is -2.19. The van der Waals surface area contributed by atoms with Crippen molar-refractivity contribution in [1.29, 1.82) is 0 Å². The van der Waals surface area contributed by atoms with Crippen LogP contribution in [0, 0.1) is 11.8 Å². The van der Waals surface area contributed by atoms with Gasteiger partial charge in [0.2, 0.25) is 17.7 Å². The number of hydrogen-bond donors (Lipinski definition) is 1. The van der Waals surface area contributed by atoms with Crippen molar-refractivity contribution < 1.29 is 24.2 Å². The summed E-state index contributed by atoms with van der Waals surface area (Å²) in [4.78, 5) is 46.8. The molecule has 182 valence electrons. The number of aliphatic hydroxyl groups excluding tert-OH is 1. The van der Waals surface area contributed by atoms with E-state index in [2.05, 4.69) is 0 Å². The predicted molar refractivity (Wildman–Crippen MR) is 123 cm³/mol. The van der Waals surface area contributed by atoms with E-state index in [4.69, 9.17) is 4.74 Å². The first kappa shape index (κ1) is 24.0. The molecule has 3 amide bonds. The van der Waals surface area contributed by atoms with Crippen molar-refractivity contribution in [3.8, 4) is 0 Å². The van der Waals surface area contributed by atoms with E-state index in [9.17, 15) is 19.5 Å². The lowest BCUT2D eigenvalue weighted by atomic mass is 9.74. The molecule has 4 aliphatic heterocycles. The summed E-state index contributed by atoms with van der Waals surface area (Å²) in [5.74, 6) is -2.21. The SMILES string of the molecule is CCCN1CC=C[C@@]2(C)O[C@]34C=CCN(C(C)(C)C)C(=O)C3N([C@H](C)CO)C(=O)[C@@H]4[C@H]2C1=O. The predicted octanol–water partition coefficient (Wildman–Crippen LogP) is 1.34. The summed E-state index contributed by atoms with van der Waals surface area (Å²) < 4.78 is 6.74. The van der Waals surface area contributed by atoms with Gasteiger partial charge in [0.1, 0.15) is 11.6 Å². The number of carbonyl (C=O) groups excluding carboxylic acids is 3. The Bertz CT molecular complexity index is 908. The molecule has 4 aliphatic rings. The Morgan fingerprint density at radius 2 is 1.76 bits per heavy atom. The summed E-state index contributed by atoms with van der Waals surface area (Å²) >= 11 is 0. The molecule has 2 fully saturated rings. The van der Waals surface area contributed by atoms with E-state index in [-0.39, 0.29) is 24.3 Å². The minimum absolute atomic E-state index is 0.116. The highest BCUT2D eigenvalue weighted by Gasteiger charge is 2.75. The van der Waals surface area contributed by atoms with E-state index >= 15 is 0 Å². The van der Waals surface area contributed by atoms with Crippen molar-refractivity contribution in [3.05, 3.63) is 24.3 Å². The van der Waals surface area contributed by atoms with Gasteiger partial charge in [-0.3, -0.25) is 14.4 Å². The number of aliphatic hydroxyl groups is 1. The van der Waals surface area contributed by atoms with Crippen LogP contribution >= 0.6 is 0 Å². The first-order valence-corrected chi connectivity index (χ1v) is 12.0. The first-order valence-electron chi connectivity index (χ1n) is 12.0. The van der Waals surface area contributed by atoms with Crippen molar-refractivity contribution in [2.45, 2.75) is 76.8 Å². The fourth-order valence-electron chi connectivity index (χ4n) is 6.15. The lowest BCUT2D eigenvalue weighted by Crippen LogP contribution is -2.60. The maximum Gasteiger partial charge on any atom is 0.249 e. The van der Waals surface area contributed by atoms with Crippen LogP contribution in [0.15, 0.2) is 24.3 Å². The molecule has 8 heteroatoms. The lowest BCUT2D eigenvalue weighted by Gasteiger charge is -2.42. The third-order valence-corrected chi connectivity index (χ3v) is 7.62. The monoisotopic (exact) mass is 459 g/mol. The minimum Gasteiger partial charge on any atom is -0.394 e. The average Bonchev–Trinajstić information content (AvgIpc) is 3.01. The summed E-state index contributed by atoms with van der Waals surface area (Å²) in [7, 11) is 0. The normalized spacial score (nSPS) is 37.1. The van der Waals surface area contributed by atoms with Crippen molar-refractivity contribution >= 4 is 17.7 Å². The molecule has 0 aromatic heterocycles. The van der Waals surface area contributed by atoms with E-state index in [0.717, 1.165) is 6.42 Å². The molecule has 1 N–H and O–H groups in total. The van der Waals surface area contributed by atoms with Crippen LogP contribution in [0.25, 0.3) is 0 Å². The van der Waals surface area contributed by atoms with Gasteiger partial charge in [-0.25, -0.2) is 0 Å². The van der Waals surface area contributed by atoms with Crippen LogP contribution in [0.2, 0.25) is 0 Å². The van der Waals surface area contributed by atoms with E-state index < -0.39 is 40.7 Å². The second-order valence-electron chi connectivity index (χ2n) is 11.0. The molecular formula is C25H37N3O5. The van der Waals surface area contributed by atoms with Crippen molar-refractivity contribution in [2.75, 3.05) is 26.2 Å². The van der Waals surface area contributed by atoms with Crippen LogP contribution in [0.4, 0.5) is 0 Å². The Kier molecular flexibility index (Phi) is 5.77. The van der Waals surface area contributed by atoms with Gasteiger partial charge in [0.15, 0.2) is 0 Å². The zero-order valence-electron chi connectivity index (χ0n) is 20.6. The molecule has 0 aliphatic carbocycles. The minimum atomic E-state index is -1.27. The number of rotatable bonds is 4. The Balaban J connectivity index is 1.90. The molecule has 4 heterocycles. The topological polar surface area (TPSA) is 90.4 Å². The van der Waals surface area contributed by atoms with Crippen molar-refractivity contribution in [2.24, 2.45) is 11.8 Å². The second-order valence-corrected chi connectivity index (χ2v) is 11.0. The molecule has 0 radical (unpaired) electrons. The highest BCUT2D eigenvalue weighted by molar-refractivity contribution is 6.00. The van der Waals surface area contributed by atoms with Gasteiger partial charge in [-0.15, -0.1) is 0 Å². The molecule has 0 aromatic carbocycles. The van der Waals surface area contributed by atoms with Gasteiger partial charge in [-0.1, -0.05) is 31.2 Å². The molecule has 2 saturated heterocycles. The van der Waals surface area contributed by atoms with Crippen LogP contribution in [-0.2, 0) is 19.1 Å². The fourth-order valence-corrected chi connectivity index (χ4v) is 6.15. The summed E-state index contributed by atoms with van der Waals surface area (Å²) in [6.45, 7) is 12.6. The molecule has 0 saturated carbocycles. The number of amides is 3. The van der Waals surface area contributed by atoms with E-state index in [1.807, 2.05) is 58.9 Å². The van der Waals surface area contributed by atoms with Gasteiger partial charge < -0.3 is 24.5 Å². The number of ether oxygens (including phenoxy) is 1. The van der Waals surface area contributed by atoms with Gasteiger partial charge >= 0.3 is 0 Å². The number of carbonyl (C=O) groups is 3. The van der Waals surface area contributed by atoms with E-state index in [1.54, 1.807) is 16.7 Å². The molecule has 6 atom stereocenters. The molecule has 0 bridgehead atoms. The summed E-state index contributed by atoms with van der Waals surface area (Å²) in [6, 6.07) is -1.53. The summed E-state index contributed by atoms with van der Waals surface area (Å²) in [5, 5.41) is 9.97. The number of nitrogens with zero attached hydrogens (tertiary/aromatic N) is 3. The van der Waals surface area contributed by atoms with Gasteiger partial charge in [0.25, 0.3) is 0 Å². The van der Waals surface area contributed by atoms with Gasteiger partial charge in [-0.05, 0) is 41.0 Å². The third kappa shape index (κ3) is 3.36. The largest absolute Gasteiger partial charge is 0.394 e. The summed E-state index contributed by atoms with van der Waals surface area (Å²) in [5.41, 5.74) is -2.75. The number of likely N-dealkylation sites (tertiary alicyclic amines) is 1. The quantitative estimate of drug-likeness (QED) is 0.641. The van der Waals surface area contributed by atoms with Crippen LogP contribution in [0.3, 0.4) is 0 Å². The van der Waals surface area contributed by atoms with E-state index in [1.165, 1.54) is 4.90 Å². The molecule has 33 heavy (non-hydrogen) atoms. The highest BCUT2D eigenvalue weighted by Crippen LogP contribution is 2.58. The van der Waals surface area contributed by atoms with Crippen LogP contribution in [0.1, 0.15) is 48.0 Å². The first-order chi connectivity index (χ1) is 15.4. The van der Waals surface area contributed by atoms with E-state index in [0.29, 0.717) is 19.6 Å². The number of fused-ring (bicyclic) bond motifs is 2. The lowest BCUT2D eigenvalue weighted by molar-refractivity contribution is -0.157. The zero-order valence-corrected chi connectivity index (χ0v) is 20.6. The highest BCUT2D eigenvalue weighted by atomic mass is 16.5. The smallest absolute Gasteiger partial charge is 0.249 e. The molecule has 0 aromatic rings. The number of hydrogen-bond acceptors (Lipinski definition) is 5. The molecule has 4 rings (SSSR count). The molecule has 1 spiro atoms. The summed E-state index contributed by atoms with van der Waals surface area (Å²) in [6.07, 6.45) is 8.38. The van der Waals surface area contributed by atoms with Gasteiger partial charge in [0, 0.05) is 25.2 Å². The molecular weight excluding hydrogens is 422 g/mol. The Morgan fingerprint density at radius 1 is 1.09 bits per heavy atom. The Labute approximate surface area is 196 Å². The fraction of sp³-hybridized carbons (Fsp3) is 0.720. The standard InChI is InChI=1S/C25H37N3O5/c1-7-12-26-13-8-10-24(6)17(20(26)30)18-21(31)28(16(2)15-29)19-22(32)27(23(3,4)5)14-9-11-25(18,19)33-24/h8-11,16-19,29H,7,12-15H2,1-6H3/t16-,17+,18+,19?,24-,25+/m1/s1. The molecule has 1 unspecified atom stereocenters. The van der Waals surface area contributed by atoms with Crippen molar-refractivity contribution in [1.82, 2.24) is 14.7 Å².